The molecule has 0 aliphatic carbocycles. The normalized spacial score (nSPS) is 23.5. The van der Waals surface area contributed by atoms with Gasteiger partial charge < -0.3 is 14.7 Å². The lowest BCUT2D eigenvalue weighted by atomic mass is 10.1. The molecule has 1 fully saturated rings. The van der Waals surface area contributed by atoms with E-state index in [2.05, 4.69) is 15.9 Å². The molecule has 0 spiro atoms. The number of ether oxygens (including phenoxy) is 1. The summed E-state index contributed by atoms with van der Waals surface area (Å²) in [6.45, 7) is 4.80. The van der Waals surface area contributed by atoms with Crippen molar-refractivity contribution in [3.63, 3.8) is 0 Å². The van der Waals surface area contributed by atoms with Crippen LogP contribution in [0.15, 0.2) is 22.7 Å². The predicted octanol–water partition coefficient (Wildman–Crippen LogP) is 1.98. The number of hydrogen-bond donors (Lipinski definition) is 1. The molecule has 1 N–H and O–H groups in total. The first-order valence-corrected chi connectivity index (χ1v) is 7.11. The average molecular weight is 328 g/mol. The highest BCUT2D eigenvalue weighted by molar-refractivity contribution is 9.10. The zero-order valence-electron chi connectivity index (χ0n) is 11.1. The van der Waals surface area contributed by atoms with Gasteiger partial charge in [-0.2, -0.15) is 0 Å². The van der Waals surface area contributed by atoms with Gasteiger partial charge in [-0.3, -0.25) is 4.79 Å². The third-order valence-electron chi connectivity index (χ3n) is 3.11. The molecular weight excluding hydrogens is 310 g/mol. The Bertz CT molecular complexity index is 458. The Labute approximate surface area is 121 Å². The Morgan fingerprint density at radius 2 is 2.21 bits per heavy atom. The molecule has 0 bridgehead atoms. The summed E-state index contributed by atoms with van der Waals surface area (Å²) in [5, 5.41) is 9.20. The van der Waals surface area contributed by atoms with Gasteiger partial charge in [0.2, 0.25) is 0 Å². The number of aryl methyl sites for hydroxylation is 1. The lowest BCUT2D eigenvalue weighted by molar-refractivity contribution is -0.0858. The van der Waals surface area contributed by atoms with Gasteiger partial charge in [0.25, 0.3) is 5.91 Å². The number of carbonyl (C=O) groups is 1. The average Bonchev–Trinajstić information content (AvgIpc) is 2.35. The van der Waals surface area contributed by atoms with Crippen LogP contribution in [0.1, 0.15) is 22.8 Å². The van der Waals surface area contributed by atoms with Crippen molar-refractivity contribution in [2.24, 2.45) is 0 Å². The lowest BCUT2D eigenvalue weighted by Gasteiger charge is -2.36. The minimum Gasteiger partial charge on any atom is -0.394 e. The summed E-state index contributed by atoms with van der Waals surface area (Å²) in [4.78, 5) is 14.2. The van der Waals surface area contributed by atoms with Crippen LogP contribution in [0.25, 0.3) is 0 Å². The van der Waals surface area contributed by atoms with Crippen LogP contribution >= 0.6 is 15.9 Å². The largest absolute Gasteiger partial charge is 0.394 e. The standard InChI is InChI=1S/C14H18BrNO3/c1-9-3-11(5-12(15)4-9)14(18)16-6-10(2)19-13(7-16)8-17/h3-5,10,13,17H,6-8H2,1-2H3. The van der Waals surface area contributed by atoms with E-state index in [9.17, 15) is 9.90 Å². The zero-order valence-corrected chi connectivity index (χ0v) is 12.7. The molecule has 19 heavy (non-hydrogen) atoms. The second kappa shape index (κ2) is 6.03. The topological polar surface area (TPSA) is 49.8 Å². The molecule has 4 nitrogen and oxygen atoms in total. The molecule has 1 aliphatic rings. The van der Waals surface area contributed by atoms with Crippen LogP contribution in [0.2, 0.25) is 0 Å². The van der Waals surface area contributed by atoms with E-state index in [4.69, 9.17) is 4.74 Å². The Kier molecular flexibility index (Phi) is 4.60. The van der Waals surface area contributed by atoms with Crippen molar-refractivity contribution in [3.8, 4) is 0 Å². The SMILES string of the molecule is Cc1cc(Br)cc(C(=O)N2CC(C)OC(CO)C2)c1. The van der Waals surface area contributed by atoms with Crippen molar-refractivity contribution in [2.45, 2.75) is 26.1 Å². The molecule has 1 saturated heterocycles. The number of halogens is 1. The quantitative estimate of drug-likeness (QED) is 0.903. The van der Waals surface area contributed by atoms with Crippen LogP contribution in [-0.2, 0) is 4.74 Å². The Morgan fingerprint density at radius 1 is 1.47 bits per heavy atom. The highest BCUT2D eigenvalue weighted by atomic mass is 79.9. The maximum absolute atomic E-state index is 12.5. The van der Waals surface area contributed by atoms with Crippen molar-refractivity contribution in [1.29, 1.82) is 0 Å². The zero-order chi connectivity index (χ0) is 14.0. The van der Waals surface area contributed by atoms with Crippen LogP contribution in [0.4, 0.5) is 0 Å². The molecule has 1 heterocycles. The molecule has 0 saturated carbocycles. The molecule has 2 atom stereocenters. The van der Waals surface area contributed by atoms with Crippen LogP contribution in [-0.4, -0.2) is 47.8 Å². The smallest absolute Gasteiger partial charge is 0.254 e. The number of aliphatic hydroxyl groups is 1. The Balaban J connectivity index is 2.18. The molecule has 1 aromatic carbocycles. The lowest BCUT2D eigenvalue weighted by Crippen LogP contribution is -2.50. The summed E-state index contributed by atoms with van der Waals surface area (Å²) in [6.07, 6.45) is -0.343. The second-order valence-electron chi connectivity index (χ2n) is 4.98. The summed E-state index contributed by atoms with van der Waals surface area (Å²) in [6, 6.07) is 5.67. The fourth-order valence-electron chi connectivity index (χ4n) is 2.35. The van der Waals surface area contributed by atoms with Gasteiger partial charge in [0.05, 0.1) is 18.8 Å². The van der Waals surface area contributed by atoms with Crippen LogP contribution in [0.5, 0.6) is 0 Å². The summed E-state index contributed by atoms with van der Waals surface area (Å²) in [5.41, 5.74) is 1.70. The number of aliphatic hydroxyl groups excluding tert-OH is 1. The summed E-state index contributed by atoms with van der Waals surface area (Å²) < 4.78 is 6.44. The van der Waals surface area contributed by atoms with Gasteiger partial charge in [-0.15, -0.1) is 0 Å². The molecule has 2 unspecified atom stereocenters. The monoisotopic (exact) mass is 327 g/mol. The molecule has 5 heteroatoms. The van der Waals surface area contributed by atoms with E-state index in [1.165, 1.54) is 0 Å². The third kappa shape index (κ3) is 3.55. The van der Waals surface area contributed by atoms with Gasteiger partial charge in [0.1, 0.15) is 0 Å². The summed E-state index contributed by atoms with van der Waals surface area (Å²) in [5.74, 6) is -0.0157. The van der Waals surface area contributed by atoms with Crippen LogP contribution in [0, 0.1) is 6.92 Å². The first-order valence-electron chi connectivity index (χ1n) is 6.32. The van der Waals surface area contributed by atoms with Crippen molar-refractivity contribution in [3.05, 3.63) is 33.8 Å². The summed E-state index contributed by atoms with van der Waals surface area (Å²) >= 11 is 3.41. The minimum absolute atomic E-state index is 0.0157. The van der Waals surface area contributed by atoms with E-state index in [0.29, 0.717) is 18.7 Å². The fourth-order valence-corrected chi connectivity index (χ4v) is 2.96. The van der Waals surface area contributed by atoms with Gasteiger partial charge in [0, 0.05) is 23.1 Å². The first kappa shape index (κ1) is 14.5. The Morgan fingerprint density at radius 3 is 2.84 bits per heavy atom. The van der Waals surface area contributed by atoms with E-state index < -0.39 is 0 Å². The Hall–Kier alpha value is -0.910. The van der Waals surface area contributed by atoms with E-state index in [1.807, 2.05) is 32.0 Å². The second-order valence-corrected chi connectivity index (χ2v) is 5.89. The van der Waals surface area contributed by atoms with Crippen molar-refractivity contribution in [2.75, 3.05) is 19.7 Å². The van der Waals surface area contributed by atoms with E-state index in [1.54, 1.807) is 4.90 Å². The number of benzene rings is 1. The highest BCUT2D eigenvalue weighted by Crippen LogP contribution is 2.19. The number of nitrogens with zero attached hydrogens (tertiary/aromatic N) is 1. The molecule has 104 valence electrons. The fraction of sp³-hybridized carbons (Fsp3) is 0.500. The molecule has 0 aromatic heterocycles. The first-order chi connectivity index (χ1) is 8.99. The molecule has 1 amide bonds. The van der Waals surface area contributed by atoms with Crippen molar-refractivity contribution >= 4 is 21.8 Å². The van der Waals surface area contributed by atoms with E-state index in [0.717, 1.165) is 10.0 Å². The van der Waals surface area contributed by atoms with Crippen molar-refractivity contribution in [1.82, 2.24) is 4.90 Å². The van der Waals surface area contributed by atoms with Crippen molar-refractivity contribution < 1.29 is 14.6 Å². The molecule has 1 aromatic rings. The number of carbonyl (C=O) groups excluding carboxylic acids is 1. The third-order valence-corrected chi connectivity index (χ3v) is 3.56. The highest BCUT2D eigenvalue weighted by Gasteiger charge is 2.28. The van der Waals surface area contributed by atoms with Gasteiger partial charge in [-0.25, -0.2) is 0 Å². The summed E-state index contributed by atoms with van der Waals surface area (Å²) in [7, 11) is 0. The minimum atomic E-state index is -0.291. The molecular formula is C14H18BrNO3. The number of morpholine rings is 1. The number of hydrogen-bond acceptors (Lipinski definition) is 3. The van der Waals surface area contributed by atoms with E-state index in [-0.39, 0.29) is 24.7 Å². The predicted molar refractivity (Wildman–Crippen MR) is 76.2 cm³/mol. The van der Waals surface area contributed by atoms with Gasteiger partial charge in [0.15, 0.2) is 0 Å². The number of rotatable bonds is 2. The van der Waals surface area contributed by atoms with Gasteiger partial charge in [-0.05, 0) is 37.6 Å². The van der Waals surface area contributed by atoms with Gasteiger partial charge >= 0.3 is 0 Å². The van der Waals surface area contributed by atoms with Crippen LogP contribution in [0.3, 0.4) is 0 Å². The molecule has 0 radical (unpaired) electrons. The van der Waals surface area contributed by atoms with Crippen LogP contribution < -0.4 is 0 Å². The maximum Gasteiger partial charge on any atom is 0.254 e. The number of amides is 1. The van der Waals surface area contributed by atoms with Gasteiger partial charge in [-0.1, -0.05) is 15.9 Å². The van der Waals surface area contributed by atoms with E-state index >= 15 is 0 Å². The molecule has 1 aliphatic heterocycles. The maximum atomic E-state index is 12.5. The molecule has 2 rings (SSSR count).